The molecule has 0 atom stereocenters. The summed E-state index contributed by atoms with van der Waals surface area (Å²) in [7, 11) is 1.83. The highest BCUT2D eigenvalue weighted by Gasteiger charge is 2.20. The first-order valence-electron chi connectivity index (χ1n) is 9.57. The molecule has 0 aliphatic carbocycles. The number of benzene rings is 1. The number of likely N-dealkylation sites (tertiary alicyclic amines) is 1. The molecule has 27 heavy (non-hydrogen) atoms. The Bertz CT molecular complexity index is 709. The van der Waals surface area contributed by atoms with Gasteiger partial charge in [-0.05, 0) is 42.7 Å². The van der Waals surface area contributed by atoms with Gasteiger partial charge in [0, 0.05) is 62.1 Å². The van der Waals surface area contributed by atoms with Crippen LogP contribution in [0.5, 0.6) is 0 Å². The molecule has 2 aromatic rings. The maximum atomic E-state index is 4.36. The van der Waals surface area contributed by atoms with Crippen LogP contribution in [0, 0.1) is 0 Å². The molecular formula is C21H28BrN5. The number of pyridine rings is 1. The SMILES string of the molecule is CN=C(NCCc1ccccn1)NC1CCN(Cc2ccc(Br)cc2)CC1. The Balaban J connectivity index is 1.37. The molecule has 1 aliphatic heterocycles. The van der Waals surface area contributed by atoms with Gasteiger partial charge >= 0.3 is 0 Å². The van der Waals surface area contributed by atoms with E-state index >= 15 is 0 Å². The van der Waals surface area contributed by atoms with E-state index in [2.05, 4.69) is 71.8 Å². The van der Waals surface area contributed by atoms with Crippen LogP contribution in [-0.2, 0) is 13.0 Å². The Morgan fingerprint density at radius 3 is 2.63 bits per heavy atom. The summed E-state index contributed by atoms with van der Waals surface area (Å²) in [6.07, 6.45) is 5.01. The van der Waals surface area contributed by atoms with Crippen LogP contribution in [0.3, 0.4) is 0 Å². The second-order valence-electron chi connectivity index (χ2n) is 6.89. The van der Waals surface area contributed by atoms with Crippen molar-refractivity contribution in [1.82, 2.24) is 20.5 Å². The van der Waals surface area contributed by atoms with Crippen molar-refractivity contribution >= 4 is 21.9 Å². The molecule has 0 spiro atoms. The third-order valence-corrected chi connectivity index (χ3v) is 5.40. The first kappa shape index (κ1) is 19.8. The number of rotatable bonds is 6. The van der Waals surface area contributed by atoms with Gasteiger partial charge in [0.1, 0.15) is 0 Å². The highest BCUT2D eigenvalue weighted by atomic mass is 79.9. The molecule has 2 heterocycles. The van der Waals surface area contributed by atoms with Gasteiger partial charge in [-0.15, -0.1) is 0 Å². The maximum Gasteiger partial charge on any atom is 0.191 e. The number of halogens is 1. The van der Waals surface area contributed by atoms with Gasteiger partial charge in [-0.25, -0.2) is 0 Å². The summed E-state index contributed by atoms with van der Waals surface area (Å²) in [5.74, 6) is 0.886. The predicted octanol–water partition coefficient (Wildman–Crippen LogP) is 3.22. The molecule has 0 unspecified atom stereocenters. The zero-order chi connectivity index (χ0) is 18.9. The normalized spacial score (nSPS) is 16.3. The van der Waals surface area contributed by atoms with E-state index in [1.54, 1.807) is 0 Å². The molecule has 0 bridgehead atoms. The quantitative estimate of drug-likeness (QED) is 0.546. The minimum Gasteiger partial charge on any atom is -0.356 e. The lowest BCUT2D eigenvalue weighted by molar-refractivity contribution is 0.198. The molecule has 1 fully saturated rings. The van der Waals surface area contributed by atoms with Crippen LogP contribution in [0.4, 0.5) is 0 Å². The predicted molar refractivity (Wildman–Crippen MR) is 115 cm³/mol. The van der Waals surface area contributed by atoms with E-state index < -0.39 is 0 Å². The number of guanidine groups is 1. The van der Waals surface area contributed by atoms with Gasteiger partial charge in [0.05, 0.1) is 0 Å². The van der Waals surface area contributed by atoms with Crippen molar-refractivity contribution in [2.24, 2.45) is 4.99 Å². The number of piperidine rings is 1. The fraction of sp³-hybridized carbons (Fsp3) is 0.429. The average Bonchev–Trinajstić information content (AvgIpc) is 2.71. The minimum absolute atomic E-state index is 0.479. The second-order valence-corrected chi connectivity index (χ2v) is 7.81. The highest BCUT2D eigenvalue weighted by molar-refractivity contribution is 9.10. The number of nitrogens with zero attached hydrogens (tertiary/aromatic N) is 3. The summed E-state index contributed by atoms with van der Waals surface area (Å²) >= 11 is 3.50. The van der Waals surface area contributed by atoms with E-state index in [0.717, 1.165) is 61.6 Å². The van der Waals surface area contributed by atoms with E-state index in [0.29, 0.717) is 6.04 Å². The molecule has 1 aromatic heterocycles. The van der Waals surface area contributed by atoms with Gasteiger partial charge in [-0.1, -0.05) is 34.1 Å². The molecule has 1 saturated heterocycles. The van der Waals surface area contributed by atoms with E-state index in [1.165, 1.54) is 5.56 Å². The number of nitrogens with one attached hydrogen (secondary N) is 2. The Labute approximate surface area is 170 Å². The van der Waals surface area contributed by atoms with E-state index in [1.807, 2.05) is 25.4 Å². The Morgan fingerprint density at radius 2 is 1.96 bits per heavy atom. The van der Waals surface area contributed by atoms with Crippen LogP contribution >= 0.6 is 15.9 Å². The molecule has 144 valence electrons. The molecule has 5 nitrogen and oxygen atoms in total. The van der Waals surface area contributed by atoms with Crippen molar-refractivity contribution in [3.8, 4) is 0 Å². The van der Waals surface area contributed by atoms with Crippen LogP contribution in [0.15, 0.2) is 58.1 Å². The summed E-state index contributed by atoms with van der Waals surface area (Å²) in [5, 5.41) is 6.97. The van der Waals surface area contributed by atoms with Gasteiger partial charge in [0.15, 0.2) is 5.96 Å². The number of hydrogen-bond acceptors (Lipinski definition) is 3. The molecule has 0 radical (unpaired) electrons. The second kappa shape index (κ2) is 10.4. The number of hydrogen-bond donors (Lipinski definition) is 2. The van der Waals surface area contributed by atoms with Crippen LogP contribution < -0.4 is 10.6 Å². The number of aliphatic imine (C=N–C) groups is 1. The lowest BCUT2D eigenvalue weighted by Crippen LogP contribution is -2.48. The van der Waals surface area contributed by atoms with Crippen molar-refractivity contribution < 1.29 is 0 Å². The highest BCUT2D eigenvalue weighted by Crippen LogP contribution is 2.16. The first-order valence-corrected chi connectivity index (χ1v) is 10.4. The molecule has 3 rings (SSSR count). The van der Waals surface area contributed by atoms with E-state index in [4.69, 9.17) is 0 Å². The average molecular weight is 430 g/mol. The Kier molecular flexibility index (Phi) is 7.66. The molecule has 1 aromatic carbocycles. The van der Waals surface area contributed by atoms with Crippen molar-refractivity contribution in [1.29, 1.82) is 0 Å². The summed E-state index contributed by atoms with van der Waals surface area (Å²) in [6.45, 7) is 4.08. The van der Waals surface area contributed by atoms with Crippen molar-refractivity contribution in [3.63, 3.8) is 0 Å². The first-order chi connectivity index (χ1) is 13.2. The van der Waals surface area contributed by atoms with Crippen LogP contribution in [0.25, 0.3) is 0 Å². The summed E-state index contributed by atoms with van der Waals surface area (Å²) in [5.41, 5.74) is 2.47. The number of aromatic nitrogens is 1. The largest absolute Gasteiger partial charge is 0.356 e. The zero-order valence-electron chi connectivity index (χ0n) is 15.9. The molecule has 0 amide bonds. The van der Waals surface area contributed by atoms with Crippen molar-refractivity contribution in [2.45, 2.75) is 31.8 Å². The maximum absolute atomic E-state index is 4.36. The van der Waals surface area contributed by atoms with Gasteiger partial charge in [-0.2, -0.15) is 0 Å². The topological polar surface area (TPSA) is 52.6 Å². The minimum atomic E-state index is 0.479. The van der Waals surface area contributed by atoms with Crippen LogP contribution in [0.1, 0.15) is 24.1 Å². The Hall–Kier alpha value is -1.92. The van der Waals surface area contributed by atoms with Crippen LogP contribution in [0.2, 0.25) is 0 Å². The summed E-state index contributed by atoms with van der Waals surface area (Å²) in [4.78, 5) is 11.2. The zero-order valence-corrected chi connectivity index (χ0v) is 17.5. The fourth-order valence-electron chi connectivity index (χ4n) is 3.33. The van der Waals surface area contributed by atoms with Gasteiger partial charge in [0.2, 0.25) is 0 Å². The molecule has 2 N–H and O–H groups in total. The van der Waals surface area contributed by atoms with Crippen molar-refractivity contribution in [3.05, 3.63) is 64.4 Å². The van der Waals surface area contributed by atoms with Crippen LogP contribution in [-0.4, -0.2) is 48.6 Å². The fourth-order valence-corrected chi connectivity index (χ4v) is 3.59. The molecule has 1 aliphatic rings. The smallest absolute Gasteiger partial charge is 0.191 e. The summed E-state index contributed by atoms with van der Waals surface area (Å²) < 4.78 is 1.14. The van der Waals surface area contributed by atoms with E-state index in [-0.39, 0.29) is 0 Å². The third kappa shape index (κ3) is 6.63. The monoisotopic (exact) mass is 429 g/mol. The molecular weight excluding hydrogens is 402 g/mol. The lowest BCUT2D eigenvalue weighted by Gasteiger charge is -2.33. The summed E-state index contributed by atoms with van der Waals surface area (Å²) in [6, 6.07) is 15.1. The van der Waals surface area contributed by atoms with Gasteiger partial charge in [-0.3, -0.25) is 14.9 Å². The van der Waals surface area contributed by atoms with E-state index in [9.17, 15) is 0 Å². The lowest BCUT2D eigenvalue weighted by atomic mass is 10.0. The third-order valence-electron chi connectivity index (χ3n) is 4.87. The van der Waals surface area contributed by atoms with Gasteiger partial charge in [0.25, 0.3) is 0 Å². The van der Waals surface area contributed by atoms with Crippen molar-refractivity contribution in [2.75, 3.05) is 26.7 Å². The standard InChI is InChI=1S/C21H28BrN5/c1-23-21(25-13-9-19-4-2-3-12-24-19)26-20-10-14-27(15-11-20)16-17-5-7-18(22)8-6-17/h2-8,12,20H,9-11,13-16H2,1H3,(H2,23,25,26). The molecule has 0 saturated carbocycles. The van der Waals surface area contributed by atoms with Gasteiger partial charge < -0.3 is 10.6 Å². The Morgan fingerprint density at radius 1 is 1.19 bits per heavy atom. The molecule has 6 heteroatoms.